The largest absolute Gasteiger partial charge is 0.348 e. The van der Waals surface area contributed by atoms with E-state index in [1.807, 2.05) is 0 Å². The van der Waals surface area contributed by atoms with E-state index < -0.39 is 4.92 Å². The molecule has 1 amide bonds. The molecule has 2 atom stereocenters. The smallest absolute Gasteiger partial charge is 0.324 e. The quantitative estimate of drug-likeness (QED) is 0.651. The maximum Gasteiger partial charge on any atom is 0.324 e. The second-order valence-electron chi connectivity index (χ2n) is 4.76. The van der Waals surface area contributed by atoms with Crippen LogP contribution in [-0.4, -0.2) is 23.4 Å². The highest BCUT2D eigenvalue weighted by Gasteiger charge is 2.26. The molecule has 1 aromatic heterocycles. The van der Waals surface area contributed by atoms with Crippen LogP contribution in [0.5, 0.6) is 0 Å². The standard InChI is InChI=1S/C12H17N3O3S/c13-7-8-3-1-2-4-9(8)14-12(16)10-5-6-11(19-10)15(17)18/h5-6,8-9H,1-4,7,13H2,(H,14,16). The molecule has 0 bridgehead atoms. The number of nitro groups is 1. The number of amides is 1. The molecule has 0 saturated heterocycles. The second kappa shape index (κ2) is 6.12. The summed E-state index contributed by atoms with van der Waals surface area (Å²) in [7, 11) is 0. The zero-order valence-corrected chi connectivity index (χ0v) is 11.3. The van der Waals surface area contributed by atoms with Crippen LogP contribution in [0.15, 0.2) is 12.1 Å². The normalized spacial score (nSPS) is 23.0. The highest BCUT2D eigenvalue weighted by Crippen LogP contribution is 2.26. The minimum atomic E-state index is -0.481. The van der Waals surface area contributed by atoms with Crippen LogP contribution in [0.1, 0.15) is 35.4 Å². The maximum absolute atomic E-state index is 12.0. The maximum atomic E-state index is 12.0. The lowest BCUT2D eigenvalue weighted by atomic mass is 9.84. The van der Waals surface area contributed by atoms with Gasteiger partial charge in [-0.2, -0.15) is 0 Å². The fourth-order valence-corrected chi connectivity index (χ4v) is 3.19. The second-order valence-corrected chi connectivity index (χ2v) is 5.82. The van der Waals surface area contributed by atoms with Gasteiger partial charge in [0.1, 0.15) is 0 Å². The Kier molecular flexibility index (Phi) is 4.49. The van der Waals surface area contributed by atoms with Crippen LogP contribution in [-0.2, 0) is 0 Å². The first-order valence-electron chi connectivity index (χ1n) is 6.37. The first kappa shape index (κ1) is 14.0. The number of nitrogens with two attached hydrogens (primary N) is 1. The van der Waals surface area contributed by atoms with Crippen molar-refractivity contribution < 1.29 is 9.72 Å². The minimum Gasteiger partial charge on any atom is -0.348 e. The van der Waals surface area contributed by atoms with E-state index in [0.29, 0.717) is 17.3 Å². The third kappa shape index (κ3) is 3.30. The lowest BCUT2D eigenvalue weighted by Gasteiger charge is -2.31. The van der Waals surface area contributed by atoms with Crippen molar-refractivity contribution in [2.75, 3.05) is 6.54 Å². The van der Waals surface area contributed by atoms with Crippen molar-refractivity contribution in [2.24, 2.45) is 11.7 Å². The van der Waals surface area contributed by atoms with Crippen molar-refractivity contribution in [3.63, 3.8) is 0 Å². The monoisotopic (exact) mass is 283 g/mol. The molecule has 1 aliphatic carbocycles. The van der Waals surface area contributed by atoms with Crippen molar-refractivity contribution in [3.05, 3.63) is 27.1 Å². The van der Waals surface area contributed by atoms with Gasteiger partial charge < -0.3 is 11.1 Å². The fourth-order valence-electron chi connectivity index (χ4n) is 2.47. The molecule has 0 aromatic carbocycles. The predicted octanol–water partition coefficient (Wildman–Crippen LogP) is 1.90. The summed E-state index contributed by atoms with van der Waals surface area (Å²) in [5.41, 5.74) is 5.71. The van der Waals surface area contributed by atoms with E-state index in [1.54, 1.807) is 0 Å². The number of nitrogens with one attached hydrogen (secondary N) is 1. The van der Waals surface area contributed by atoms with Crippen LogP contribution in [0.4, 0.5) is 5.00 Å². The van der Waals surface area contributed by atoms with E-state index in [9.17, 15) is 14.9 Å². The molecule has 7 heteroatoms. The van der Waals surface area contributed by atoms with Crippen LogP contribution in [0.2, 0.25) is 0 Å². The molecule has 0 radical (unpaired) electrons. The molecule has 1 fully saturated rings. The topological polar surface area (TPSA) is 98.3 Å². The zero-order chi connectivity index (χ0) is 13.8. The van der Waals surface area contributed by atoms with Gasteiger partial charge in [-0.05, 0) is 31.4 Å². The molecule has 1 saturated carbocycles. The van der Waals surface area contributed by atoms with Gasteiger partial charge in [-0.3, -0.25) is 14.9 Å². The molecular formula is C12H17N3O3S. The first-order valence-corrected chi connectivity index (χ1v) is 7.18. The molecule has 19 heavy (non-hydrogen) atoms. The molecule has 0 aliphatic heterocycles. The Morgan fingerprint density at radius 3 is 2.84 bits per heavy atom. The van der Waals surface area contributed by atoms with E-state index in [4.69, 9.17) is 5.73 Å². The first-order chi connectivity index (χ1) is 9.11. The minimum absolute atomic E-state index is 0.0100. The Morgan fingerprint density at radius 1 is 1.47 bits per heavy atom. The lowest BCUT2D eigenvalue weighted by Crippen LogP contribution is -2.44. The predicted molar refractivity (Wildman–Crippen MR) is 73.2 cm³/mol. The molecule has 1 aliphatic rings. The molecule has 1 heterocycles. The van der Waals surface area contributed by atoms with Gasteiger partial charge in [0.2, 0.25) is 0 Å². The summed E-state index contributed by atoms with van der Waals surface area (Å²) >= 11 is 0.904. The summed E-state index contributed by atoms with van der Waals surface area (Å²) in [6.07, 6.45) is 4.21. The summed E-state index contributed by atoms with van der Waals surface area (Å²) in [6, 6.07) is 2.95. The lowest BCUT2D eigenvalue weighted by molar-refractivity contribution is -0.380. The SMILES string of the molecule is NCC1CCCCC1NC(=O)c1ccc([N+](=O)[O-])s1. The number of carbonyl (C=O) groups is 1. The number of rotatable bonds is 4. The van der Waals surface area contributed by atoms with Crippen molar-refractivity contribution in [1.29, 1.82) is 0 Å². The average Bonchev–Trinajstić information content (AvgIpc) is 2.89. The number of nitrogens with zero attached hydrogens (tertiary/aromatic N) is 1. The molecule has 3 N–H and O–H groups in total. The summed E-state index contributed by atoms with van der Waals surface area (Å²) in [5.74, 6) is 0.0797. The molecule has 2 rings (SSSR count). The molecule has 1 aromatic rings. The molecule has 104 valence electrons. The molecule has 6 nitrogen and oxygen atoms in total. The van der Waals surface area contributed by atoms with Crippen LogP contribution in [0.3, 0.4) is 0 Å². The van der Waals surface area contributed by atoms with Crippen molar-refractivity contribution in [1.82, 2.24) is 5.32 Å². The van der Waals surface area contributed by atoms with Crippen LogP contribution in [0.25, 0.3) is 0 Å². The van der Waals surface area contributed by atoms with Gasteiger partial charge in [0, 0.05) is 12.1 Å². The Balaban J connectivity index is 2.01. The van der Waals surface area contributed by atoms with Gasteiger partial charge in [0.25, 0.3) is 5.91 Å². The van der Waals surface area contributed by atoms with Crippen molar-refractivity contribution in [3.8, 4) is 0 Å². The number of hydrogen-bond donors (Lipinski definition) is 2. The third-order valence-corrected chi connectivity index (χ3v) is 4.56. The summed E-state index contributed by atoms with van der Waals surface area (Å²) < 4.78 is 0. The highest BCUT2D eigenvalue weighted by atomic mass is 32.1. The Labute approximate surface area is 115 Å². The van der Waals surface area contributed by atoms with E-state index in [2.05, 4.69) is 5.32 Å². The van der Waals surface area contributed by atoms with E-state index in [1.165, 1.54) is 12.1 Å². The van der Waals surface area contributed by atoms with Gasteiger partial charge in [0.15, 0.2) is 0 Å². The van der Waals surface area contributed by atoms with E-state index >= 15 is 0 Å². The summed E-state index contributed by atoms with van der Waals surface area (Å²) in [6.45, 7) is 0.565. The van der Waals surface area contributed by atoms with Gasteiger partial charge in [-0.1, -0.05) is 24.2 Å². The average molecular weight is 283 g/mol. The summed E-state index contributed by atoms with van der Waals surface area (Å²) in [5, 5.41) is 13.5. The molecule has 2 unspecified atom stereocenters. The fraction of sp³-hybridized carbons (Fsp3) is 0.583. The number of hydrogen-bond acceptors (Lipinski definition) is 5. The van der Waals surface area contributed by atoms with Gasteiger partial charge >= 0.3 is 5.00 Å². The third-order valence-electron chi connectivity index (χ3n) is 3.52. The van der Waals surface area contributed by atoms with Crippen molar-refractivity contribution in [2.45, 2.75) is 31.7 Å². The highest BCUT2D eigenvalue weighted by molar-refractivity contribution is 7.17. The van der Waals surface area contributed by atoms with Crippen LogP contribution < -0.4 is 11.1 Å². The van der Waals surface area contributed by atoms with E-state index in [-0.39, 0.29) is 17.0 Å². The number of carbonyl (C=O) groups excluding carboxylic acids is 1. The Bertz CT molecular complexity index is 475. The van der Waals surface area contributed by atoms with Crippen molar-refractivity contribution >= 4 is 22.2 Å². The van der Waals surface area contributed by atoms with E-state index in [0.717, 1.165) is 37.0 Å². The Morgan fingerprint density at radius 2 is 2.21 bits per heavy atom. The van der Waals surface area contributed by atoms with Crippen LogP contribution >= 0.6 is 11.3 Å². The zero-order valence-electron chi connectivity index (χ0n) is 10.5. The molecular weight excluding hydrogens is 266 g/mol. The number of thiophene rings is 1. The van der Waals surface area contributed by atoms with Gasteiger partial charge in [-0.15, -0.1) is 0 Å². The van der Waals surface area contributed by atoms with Gasteiger partial charge in [0.05, 0.1) is 9.80 Å². The van der Waals surface area contributed by atoms with Gasteiger partial charge in [-0.25, -0.2) is 0 Å². The Hall–Kier alpha value is -1.47. The molecule has 0 spiro atoms. The van der Waals surface area contributed by atoms with Crippen LogP contribution in [0, 0.1) is 16.0 Å². The summed E-state index contributed by atoms with van der Waals surface area (Å²) in [4.78, 5) is 22.5.